The predicted molar refractivity (Wildman–Crippen MR) is 53.1 cm³/mol. The van der Waals surface area contributed by atoms with E-state index in [2.05, 4.69) is 6.08 Å². The van der Waals surface area contributed by atoms with E-state index in [4.69, 9.17) is 0 Å². The van der Waals surface area contributed by atoms with Crippen molar-refractivity contribution in [2.75, 3.05) is 0 Å². The zero-order valence-corrected chi connectivity index (χ0v) is 8.02. The first-order valence-electron chi connectivity index (χ1n) is 5.65. The Bertz CT molecular complexity index is 153. The molecule has 2 saturated carbocycles. The van der Waals surface area contributed by atoms with Crippen LogP contribution in [0.5, 0.6) is 0 Å². The van der Waals surface area contributed by atoms with Gasteiger partial charge in [0.2, 0.25) is 0 Å². The van der Waals surface area contributed by atoms with Crippen LogP contribution in [0.1, 0.15) is 57.8 Å². The molecule has 0 bridgehead atoms. The van der Waals surface area contributed by atoms with Crippen LogP contribution in [0.3, 0.4) is 0 Å². The lowest BCUT2D eigenvalue weighted by Gasteiger charge is -2.18. The van der Waals surface area contributed by atoms with Crippen molar-refractivity contribution >= 4 is 0 Å². The predicted octanol–water partition coefficient (Wildman–Crippen LogP) is 4.07. The molecule has 0 N–H and O–H groups in total. The minimum atomic E-state index is 0.965. The lowest BCUT2D eigenvalue weighted by molar-refractivity contribution is 0.417. The van der Waals surface area contributed by atoms with Gasteiger partial charge in [-0.25, -0.2) is 0 Å². The molecule has 0 aromatic rings. The van der Waals surface area contributed by atoms with E-state index in [1.54, 1.807) is 5.57 Å². The molecule has 2 aliphatic rings. The van der Waals surface area contributed by atoms with Gasteiger partial charge in [-0.2, -0.15) is 0 Å². The summed E-state index contributed by atoms with van der Waals surface area (Å²) >= 11 is 0. The first-order chi connectivity index (χ1) is 5.95. The van der Waals surface area contributed by atoms with Gasteiger partial charge in [0.05, 0.1) is 0 Å². The minimum absolute atomic E-state index is 0.965. The quantitative estimate of drug-likeness (QED) is 0.512. The van der Waals surface area contributed by atoms with E-state index < -0.39 is 0 Å². The van der Waals surface area contributed by atoms with Crippen molar-refractivity contribution in [1.29, 1.82) is 0 Å². The lowest BCUT2D eigenvalue weighted by atomic mass is 9.88. The highest BCUT2D eigenvalue weighted by atomic mass is 14.2. The molecule has 68 valence electrons. The second-order valence-electron chi connectivity index (χ2n) is 4.43. The molecule has 0 nitrogen and oxygen atoms in total. The summed E-state index contributed by atoms with van der Waals surface area (Å²) in [6, 6.07) is 0. The lowest BCUT2D eigenvalue weighted by Crippen LogP contribution is -2.03. The van der Waals surface area contributed by atoms with Crippen LogP contribution in [0.2, 0.25) is 0 Å². The standard InChI is InChI=1S/C12H20/c1-2-6-11(7-3-1)10-12-8-4-5-9-12/h10-11H,1-9H2. The van der Waals surface area contributed by atoms with E-state index >= 15 is 0 Å². The fourth-order valence-corrected chi connectivity index (χ4v) is 2.63. The van der Waals surface area contributed by atoms with Gasteiger partial charge in [0.1, 0.15) is 0 Å². The van der Waals surface area contributed by atoms with Gasteiger partial charge >= 0.3 is 0 Å². The molecule has 0 heterocycles. The zero-order chi connectivity index (χ0) is 8.23. The van der Waals surface area contributed by atoms with Crippen LogP contribution in [-0.2, 0) is 0 Å². The third kappa shape index (κ3) is 2.12. The number of rotatable bonds is 1. The highest BCUT2D eigenvalue weighted by Gasteiger charge is 2.13. The van der Waals surface area contributed by atoms with Gasteiger partial charge in [-0.3, -0.25) is 0 Å². The van der Waals surface area contributed by atoms with Gasteiger partial charge in [-0.15, -0.1) is 0 Å². The van der Waals surface area contributed by atoms with Crippen molar-refractivity contribution in [3.05, 3.63) is 11.6 Å². The fourth-order valence-electron chi connectivity index (χ4n) is 2.63. The Morgan fingerprint density at radius 2 is 1.50 bits per heavy atom. The summed E-state index contributed by atoms with van der Waals surface area (Å²) in [6.07, 6.45) is 15.8. The number of hydrogen-bond donors (Lipinski definition) is 0. The van der Waals surface area contributed by atoms with Crippen molar-refractivity contribution in [3.63, 3.8) is 0 Å². The molecule has 0 heteroatoms. The fraction of sp³-hybridized carbons (Fsp3) is 0.833. The van der Waals surface area contributed by atoms with Gasteiger partial charge in [-0.1, -0.05) is 30.9 Å². The molecule has 0 aromatic carbocycles. The van der Waals surface area contributed by atoms with Crippen LogP contribution in [0.15, 0.2) is 11.6 Å². The summed E-state index contributed by atoms with van der Waals surface area (Å²) in [7, 11) is 0. The Hall–Kier alpha value is -0.260. The number of allylic oxidation sites excluding steroid dienone is 2. The van der Waals surface area contributed by atoms with E-state index in [1.807, 2.05) is 0 Å². The summed E-state index contributed by atoms with van der Waals surface area (Å²) in [4.78, 5) is 0. The van der Waals surface area contributed by atoms with Crippen molar-refractivity contribution in [2.45, 2.75) is 57.8 Å². The molecule has 0 aliphatic heterocycles. The largest absolute Gasteiger partial charge is 0.0822 e. The van der Waals surface area contributed by atoms with E-state index in [1.165, 1.54) is 57.8 Å². The second kappa shape index (κ2) is 4.11. The summed E-state index contributed by atoms with van der Waals surface area (Å²) in [5.74, 6) is 0.965. The maximum Gasteiger partial charge on any atom is -0.0231 e. The molecule has 12 heavy (non-hydrogen) atoms. The van der Waals surface area contributed by atoms with Crippen LogP contribution >= 0.6 is 0 Å². The summed E-state index contributed by atoms with van der Waals surface area (Å²) < 4.78 is 0. The Labute approximate surface area is 76.1 Å². The molecular formula is C12H20. The first kappa shape index (κ1) is 8.34. The molecule has 0 spiro atoms. The van der Waals surface area contributed by atoms with E-state index in [9.17, 15) is 0 Å². The van der Waals surface area contributed by atoms with Crippen LogP contribution in [-0.4, -0.2) is 0 Å². The molecule has 0 saturated heterocycles. The maximum atomic E-state index is 2.62. The highest BCUT2D eigenvalue weighted by molar-refractivity contribution is 5.08. The third-order valence-corrected chi connectivity index (χ3v) is 3.37. The van der Waals surface area contributed by atoms with Gasteiger partial charge in [0.25, 0.3) is 0 Å². The second-order valence-corrected chi connectivity index (χ2v) is 4.43. The molecule has 0 unspecified atom stereocenters. The highest BCUT2D eigenvalue weighted by Crippen LogP contribution is 2.30. The third-order valence-electron chi connectivity index (χ3n) is 3.37. The van der Waals surface area contributed by atoms with Crippen LogP contribution in [0.4, 0.5) is 0 Å². The van der Waals surface area contributed by atoms with Gasteiger partial charge < -0.3 is 0 Å². The SMILES string of the molecule is C(=C1CCCC1)C1CCCCC1. The van der Waals surface area contributed by atoms with E-state index in [-0.39, 0.29) is 0 Å². The molecule has 0 radical (unpaired) electrons. The summed E-state index contributed by atoms with van der Waals surface area (Å²) in [6.45, 7) is 0. The van der Waals surface area contributed by atoms with Crippen molar-refractivity contribution in [1.82, 2.24) is 0 Å². The molecule has 0 amide bonds. The molecule has 2 aliphatic carbocycles. The Morgan fingerprint density at radius 1 is 0.833 bits per heavy atom. The van der Waals surface area contributed by atoms with Crippen molar-refractivity contribution < 1.29 is 0 Å². The van der Waals surface area contributed by atoms with Gasteiger partial charge in [-0.05, 0) is 44.4 Å². The minimum Gasteiger partial charge on any atom is -0.0822 e. The average Bonchev–Trinajstić information content (AvgIpc) is 2.59. The Kier molecular flexibility index (Phi) is 2.86. The van der Waals surface area contributed by atoms with E-state index in [0.29, 0.717) is 0 Å². The van der Waals surface area contributed by atoms with Crippen molar-refractivity contribution in [2.24, 2.45) is 5.92 Å². The molecule has 0 aromatic heterocycles. The topological polar surface area (TPSA) is 0 Å². The van der Waals surface area contributed by atoms with Crippen LogP contribution in [0, 0.1) is 5.92 Å². The zero-order valence-electron chi connectivity index (χ0n) is 8.02. The van der Waals surface area contributed by atoms with E-state index in [0.717, 1.165) is 5.92 Å². The molecule has 0 atom stereocenters. The van der Waals surface area contributed by atoms with Gasteiger partial charge in [0.15, 0.2) is 0 Å². The Morgan fingerprint density at radius 3 is 2.17 bits per heavy atom. The summed E-state index contributed by atoms with van der Waals surface area (Å²) in [5.41, 5.74) is 1.78. The first-order valence-corrected chi connectivity index (χ1v) is 5.65. The Balaban J connectivity index is 1.86. The maximum absolute atomic E-state index is 2.62. The summed E-state index contributed by atoms with van der Waals surface area (Å²) in [5, 5.41) is 0. The van der Waals surface area contributed by atoms with Crippen molar-refractivity contribution in [3.8, 4) is 0 Å². The smallest absolute Gasteiger partial charge is 0.0231 e. The van der Waals surface area contributed by atoms with Crippen LogP contribution in [0.25, 0.3) is 0 Å². The van der Waals surface area contributed by atoms with Gasteiger partial charge in [0, 0.05) is 0 Å². The monoisotopic (exact) mass is 164 g/mol. The van der Waals surface area contributed by atoms with Crippen LogP contribution < -0.4 is 0 Å². The molecular weight excluding hydrogens is 144 g/mol. The normalized spacial score (nSPS) is 26.2. The number of hydrogen-bond acceptors (Lipinski definition) is 0. The average molecular weight is 164 g/mol. The molecule has 2 fully saturated rings. The molecule has 2 rings (SSSR count).